The number of carbonyl (C=O) groups excluding carboxylic acids is 1. The van der Waals surface area contributed by atoms with Crippen LogP contribution in [-0.4, -0.2) is 57.1 Å². The van der Waals surface area contributed by atoms with Gasteiger partial charge in [-0.2, -0.15) is 4.98 Å². The lowest BCUT2D eigenvalue weighted by Crippen LogP contribution is -2.53. The van der Waals surface area contributed by atoms with Gasteiger partial charge in [-0.15, -0.1) is 0 Å². The first kappa shape index (κ1) is 20.9. The maximum atomic E-state index is 14.8. The molecule has 3 aromatic rings. The third kappa shape index (κ3) is 6.17. The molecule has 1 aromatic carbocycles. The van der Waals surface area contributed by atoms with Crippen LogP contribution in [0.2, 0.25) is 0 Å². The Morgan fingerprint density at radius 3 is 2.69 bits per heavy atom. The van der Waals surface area contributed by atoms with E-state index in [2.05, 4.69) is 30.1 Å². The van der Waals surface area contributed by atoms with Crippen LogP contribution < -0.4 is 29.7 Å². The molecular formula is C23H26FN6O8P. The SMILES string of the molecule is [2H]C([2H])([2H])Oc1cc(Nc2ncc(F)c(Nc3ccc4c(n3)N(COP(=O)(O)O)C(=O)C(C)(C)O4)n2)cc(C)c1OC([2H])([2H])[2H]. The summed E-state index contributed by atoms with van der Waals surface area (Å²) < 4.78 is 90.4. The van der Waals surface area contributed by atoms with Gasteiger partial charge in [0.25, 0.3) is 5.91 Å². The van der Waals surface area contributed by atoms with E-state index in [1.807, 2.05) is 0 Å². The summed E-state index contributed by atoms with van der Waals surface area (Å²) in [5.41, 5.74) is -1.11. The van der Waals surface area contributed by atoms with Gasteiger partial charge in [0.1, 0.15) is 12.5 Å². The smallest absolute Gasteiger partial charge is 0.471 e. The van der Waals surface area contributed by atoms with Crippen LogP contribution in [0.5, 0.6) is 17.2 Å². The lowest BCUT2D eigenvalue weighted by Gasteiger charge is -2.37. The van der Waals surface area contributed by atoms with Crippen LogP contribution in [0.4, 0.5) is 33.5 Å². The van der Waals surface area contributed by atoms with Gasteiger partial charge in [0.05, 0.1) is 28.5 Å². The van der Waals surface area contributed by atoms with Crippen LogP contribution in [0.15, 0.2) is 30.5 Å². The summed E-state index contributed by atoms with van der Waals surface area (Å²) in [5.74, 6) is -3.17. The van der Waals surface area contributed by atoms with Gasteiger partial charge in [-0.25, -0.2) is 18.9 Å². The highest BCUT2D eigenvalue weighted by molar-refractivity contribution is 7.46. The number of benzene rings is 1. The van der Waals surface area contributed by atoms with Crippen molar-refractivity contribution in [3.8, 4) is 17.2 Å². The molecule has 0 bridgehead atoms. The Labute approximate surface area is 230 Å². The maximum Gasteiger partial charge on any atom is 0.471 e. The summed E-state index contributed by atoms with van der Waals surface area (Å²) in [7, 11) is -10.8. The fraction of sp³-hybridized carbons (Fsp3) is 0.304. The number of anilines is 5. The molecule has 0 aliphatic carbocycles. The zero-order valence-electron chi connectivity index (χ0n) is 26.6. The Morgan fingerprint density at radius 1 is 1.21 bits per heavy atom. The maximum absolute atomic E-state index is 14.8. The summed E-state index contributed by atoms with van der Waals surface area (Å²) in [4.78, 5) is 44.2. The first-order valence-electron chi connectivity index (χ1n) is 13.9. The zero-order valence-corrected chi connectivity index (χ0v) is 21.4. The summed E-state index contributed by atoms with van der Waals surface area (Å²) in [6.07, 6.45) is 0.810. The van der Waals surface area contributed by atoms with Crippen molar-refractivity contribution in [1.29, 1.82) is 0 Å². The Morgan fingerprint density at radius 2 is 1.97 bits per heavy atom. The van der Waals surface area contributed by atoms with Gasteiger partial charge >= 0.3 is 7.82 Å². The van der Waals surface area contributed by atoms with E-state index in [4.69, 9.17) is 32.2 Å². The fourth-order valence-electron chi connectivity index (χ4n) is 3.56. The number of aryl methyl sites for hydroxylation is 1. The van der Waals surface area contributed by atoms with Crippen molar-refractivity contribution < 1.29 is 50.5 Å². The highest BCUT2D eigenvalue weighted by Crippen LogP contribution is 2.41. The monoisotopic (exact) mass is 570 g/mol. The number of hydrogen-bond donors (Lipinski definition) is 4. The van der Waals surface area contributed by atoms with Crippen molar-refractivity contribution in [2.24, 2.45) is 0 Å². The number of amides is 1. The Balaban J connectivity index is 1.63. The summed E-state index contributed by atoms with van der Waals surface area (Å²) in [5, 5.41) is 5.36. The van der Waals surface area contributed by atoms with Gasteiger partial charge < -0.3 is 34.6 Å². The van der Waals surface area contributed by atoms with E-state index in [1.54, 1.807) is 0 Å². The van der Waals surface area contributed by atoms with Crippen LogP contribution in [-0.2, 0) is 13.9 Å². The number of hydrogen-bond acceptors (Lipinski definition) is 11. The van der Waals surface area contributed by atoms with Gasteiger partial charge in [0, 0.05) is 11.8 Å². The summed E-state index contributed by atoms with van der Waals surface area (Å²) in [6.45, 7) is 3.46. The van der Waals surface area contributed by atoms with E-state index < -0.39 is 57.5 Å². The Bertz CT molecular complexity index is 1670. The number of phosphoric ester groups is 1. The molecule has 0 atom stereocenters. The Kier molecular flexibility index (Phi) is 5.68. The molecule has 1 amide bonds. The van der Waals surface area contributed by atoms with E-state index in [-0.39, 0.29) is 40.3 Å². The number of fused-ring (bicyclic) bond motifs is 1. The topological polar surface area (TPSA) is 177 Å². The van der Waals surface area contributed by atoms with Crippen molar-refractivity contribution in [2.75, 3.05) is 36.3 Å². The first-order valence-corrected chi connectivity index (χ1v) is 12.4. The third-order valence-corrected chi connectivity index (χ3v) is 5.73. The second kappa shape index (κ2) is 10.6. The van der Waals surface area contributed by atoms with Gasteiger partial charge in [0.2, 0.25) is 5.95 Å². The Hall–Kier alpha value is -4.04. The zero-order chi connectivity index (χ0) is 33.5. The van der Waals surface area contributed by atoms with Gasteiger partial charge in [-0.3, -0.25) is 14.2 Å². The quantitative estimate of drug-likeness (QED) is 0.276. The molecule has 4 N–H and O–H groups in total. The number of phosphoric acid groups is 1. The number of nitrogens with one attached hydrogen (secondary N) is 2. The summed E-state index contributed by atoms with van der Waals surface area (Å²) in [6, 6.07) is 5.29. The number of ether oxygens (including phenoxy) is 3. The van der Waals surface area contributed by atoms with E-state index in [9.17, 15) is 13.8 Å². The standard InChI is InChI=1S/C23H26FN6O8P/c1-12-8-13(9-16(35-4)18(12)36-5)26-22-25-10-14(24)19(29-22)27-17-7-6-15-20(28-17)30(11-37-39(32,33)34)21(31)23(2,3)38-15/h6-10H,11H2,1-5H3,(H2,32,33,34)(H2,25,26,27,28,29)/i4D3,5D3. The summed E-state index contributed by atoms with van der Waals surface area (Å²) >= 11 is 0. The van der Waals surface area contributed by atoms with E-state index in [0.717, 1.165) is 17.2 Å². The molecule has 0 fully saturated rings. The lowest BCUT2D eigenvalue weighted by molar-refractivity contribution is -0.133. The molecule has 1 aliphatic heterocycles. The number of carbonyl (C=O) groups is 1. The number of nitrogens with zero attached hydrogens (tertiary/aromatic N) is 4. The van der Waals surface area contributed by atoms with Gasteiger partial charge in [0.15, 0.2) is 40.3 Å². The van der Waals surface area contributed by atoms with Gasteiger partial charge in [-0.1, -0.05) is 0 Å². The van der Waals surface area contributed by atoms with Crippen LogP contribution in [0.1, 0.15) is 27.6 Å². The number of pyridine rings is 1. The molecule has 3 heterocycles. The molecule has 0 saturated carbocycles. The van der Waals surface area contributed by atoms with Crippen LogP contribution in [0.25, 0.3) is 0 Å². The number of aromatic nitrogens is 3. The largest absolute Gasteiger partial charge is 0.493 e. The second-order valence-corrected chi connectivity index (χ2v) is 9.82. The predicted octanol–water partition coefficient (Wildman–Crippen LogP) is 3.39. The molecule has 2 aromatic heterocycles. The van der Waals surface area contributed by atoms with Crippen LogP contribution in [0, 0.1) is 12.7 Å². The molecule has 0 radical (unpaired) electrons. The van der Waals surface area contributed by atoms with Crippen molar-refractivity contribution in [3.05, 3.63) is 41.8 Å². The van der Waals surface area contributed by atoms with Crippen LogP contribution >= 0.6 is 7.82 Å². The molecule has 39 heavy (non-hydrogen) atoms. The highest BCUT2D eigenvalue weighted by Gasteiger charge is 2.42. The minimum atomic E-state index is -4.97. The molecule has 208 valence electrons. The molecule has 0 saturated heterocycles. The van der Waals surface area contributed by atoms with Gasteiger partial charge in [-0.05, 0) is 44.5 Å². The average molecular weight is 571 g/mol. The van der Waals surface area contributed by atoms with Crippen molar-refractivity contribution in [1.82, 2.24) is 15.0 Å². The number of methoxy groups -OCH3 is 2. The molecule has 4 rings (SSSR count). The number of halogens is 1. The second-order valence-electron chi connectivity index (χ2n) is 8.58. The third-order valence-electron chi connectivity index (χ3n) is 5.27. The van der Waals surface area contributed by atoms with Crippen molar-refractivity contribution in [3.63, 3.8) is 0 Å². The van der Waals surface area contributed by atoms with Crippen molar-refractivity contribution in [2.45, 2.75) is 26.4 Å². The minimum absolute atomic E-state index is 0.0649. The average Bonchev–Trinajstić information content (AvgIpc) is 2.86. The predicted molar refractivity (Wildman–Crippen MR) is 137 cm³/mol. The molecule has 0 unspecified atom stereocenters. The van der Waals surface area contributed by atoms with E-state index >= 15 is 0 Å². The molecular weight excluding hydrogens is 538 g/mol. The molecule has 16 heteroatoms. The number of rotatable bonds is 9. The van der Waals surface area contributed by atoms with Crippen LogP contribution in [0.3, 0.4) is 0 Å². The lowest BCUT2D eigenvalue weighted by atomic mass is 10.1. The van der Waals surface area contributed by atoms with E-state index in [1.165, 1.54) is 39.0 Å². The van der Waals surface area contributed by atoms with Crippen molar-refractivity contribution >= 4 is 42.8 Å². The normalized spacial score (nSPS) is 17.3. The molecule has 0 spiro atoms. The highest BCUT2D eigenvalue weighted by atomic mass is 31.2. The first-order chi connectivity index (χ1) is 20.6. The minimum Gasteiger partial charge on any atom is -0.493 e. The molecule has 1 aliphatic rings. The van der Waals surface area contributed by atoms with E-state index in [0.29, 0.717) is 0 Å². The fourth-order valence-corrected chi connectivity index (χ4v) is 3.82. The molecule has 14 nitrogen and oxygen atoms in total.